The minimum Gasteiger partial charge on any atom is -0.461 e. The lowest BCUT2D eigenvalue weighted by atomic mass is 10.0. The van der Waals surface area contributed by atoms with Gasteiger partial charge < -0.3 is 19.8 Å². The summed E-state index contributed by atoms with van der Waals surface area (Å²) >= 11 is 0. The molecule has 2 aromatic carbocycles. The zero-order valence-corrected chi connectivity index (χ0v) is 18.1. The van der Waals surface area contributed by atoms with Crippen molar-refractivity contribution in [3.05, 3.63) is 75.6 Å². The highest BCUT2D eigenvalue weighted by Gasteiger charge is 2.19. The molecule has 0 spiro atoms. The Morgan fingerprint density at radius 2 is 1.72 bits per heavy atom. The van der Waals surface area contributed by atoms with Crippen molar-refractivity contribution in [1.29, 1.82) is 0 Å². The number of hydrogen-bond donors (Lipinski definition) is 2. The van der Waals surface area contributed by atoms with E-state index in [-0.39, 0.29) is 30.4 Å². The number of ether oxygens (including phenoxy) is 1. The normalized spacial score (nSPS) is 11.6. The summed E-state index contributed by atoms with van der Waals surface area (Å²) in [5.74, 6) is -1.04. The molecule has 0 radical (unpaired) electrons. The Bertz CT molecular complexity index is 1210. The van der Waals surface area contributed by atoms with Crippen LogP contribution in [0.25, 0.3) is 11.0 Å². The Labute approximate surface area is 184 Å². The van der Waals surface area contributed by atoms with Gasteiger partial charge in [0.15, 0.2) is 0 Å². The average Bonchev–Trinajstić information content (AvgIpc) is 2.71. The van der Waals surface area contributed by atoms with Gasteiger partial charge in [-0.1, -0.05) is 29.8 Å². The van der Waals surface area contributed by atoms with E-state index < -0.39 is 17.6 Å². The molecule has 0 saturated heterocycles. The number of amides is 2. The molecule has 32 heavy (non-hydrogen) atoms. The van der Waals surface area contributed by atoms with Crippen molar-refractivity contribution in [3.63, 3.8) is 0 Å². The highest BCUT2D eigenvalue weighted by Crippen LogP contribution is 2.23. The van der Waals surface area contributed by atoms with Gasteiger partial charge in [0.05, 0.1) is 12.5 Å². The van der Waals surface area contributed by atoms with Gasteiger partial charge in [0, 0.05) is 42.6 Å². The van der Waals surface area contributed by atoms with Crippen molar-refractivity contribution >= 4 is 34.4 Å². The summed E-state index contributed by atoms with van der Waals surface area (Å²) < 4.78 is 10.6. The molecule has 0 bridgehead atoms. The van der Waals surface area contributed by atoms with Crippen LogP contribution in [0.4, 0.5) is 5.69 Å². The smallest absolute Gasteiger partial charge is 0.336 e. The van der Waals surface area contributed by atoms with Crippen LogP contribution in [0.2, 0.25) is 0 Å². The lowest BCUT2D eigenvalue weighted by Gasteiger charge is -2.18. The Morgan fingerprint density at radius 1 is 1.00 bits per heavy atom. The first-order chi connectivity index (χ1) is 15.2. The topological polar surface area (TPSA) is 115 Å². The van der Waals surface area contributed by atoms with Crippen LogP contribution in [-0.2, 0) is 25.7 Å². The minimum absolute atomic E-state index is 0.0608. The summed E-state index contributed by atoms with van der Waals surface area (Å²) in [4.78, 5) is 47.3. The minimum atomic E-state index is -0.598. The molecule has 3 aromatic rings. The zero-order valence-electron chi connectivity index (χ0n) is 18.1. The molecule has 0 saturated carbocycles. The summed E-state index contributed by atoms with van der Waals surface area (Å²) in [5.41, 5.74) is 2.49. The Hall–Kier alpha value is -3.94. The number of nitrogens with one attached hydrogen (secondary N) is 2. The van der Waals surface area contributed by atoms with E-state index in [1.165, 1.54) is 26.0 Å². The second-order valence-corrected chi connectivity index (χ2v) is 7.51. The third-order valence-corrected chi connectivity index (χ3v) is 4.77. The van der Waals surface area contributed by atoms with E-state index in [4.69, 9.17) is 9.15 Å². The lowest BCUT2D eigenvalue weighted by molar-refractivity contribution is -0.145. The molecule has 0 aliphatic carbocycles. The van der Waals surface area contributed by atoms with Crippen LogP contribution in [0.3, 0.4) is 0 Å². The Kier molecular flexibility index (Phi) is 7.04. The molecule has 1 aromatic heterocycles. The van der Waals surface area contributed by atoms with Gasteiger partial charge in [-0.15, -0.1) is 0 Å². The molecular formula is C24H24N2O6. The molecule has 0 aliphatic heterocycles. The second-order valence-electron chi connectivity index (χ2n) is 7.51. The first kappa shape index (κ1) is 22.7. The fourth-order valence-corrected chi connectivity index (χ4v) is 3.31. The number of esters is 1. The van der Waals surface area contributed by atoms with Crippen molar-refractivity contribution in [3.8, 4) is 0 Å². The van der Waals surface area contributed by atoms with E-state index >= 15 is 0 Å². The van der Waals surface area contributed by atoms with Crippen LogP contribution >= 0.6 is 0 Å². The van der Waals surface area contributed by atoms with E-state index in [0.717, 1.165) is 11.1 Å². The lowest BCUT2D eigenvalue weighted by Crippen LogP contribution is -2.28. The van der Waals surface area contributed by atoms with Crippen LogP contribution in [0.1, 0.15) is 43.0 Å². The van der Waals surface area contributed by atoms with E-state index in [0.29, 0.717) is 16.6 Å². The van der Waals surface area contributed by atoms with Gasteiger partial charge in [0.25, 0.3) is 0 Å². The molecule has 2 amide bonds. The third-order valence-electron chi connectivity index (χ3n) is 4.77. The van der Waals surface area contributed by atoms with Gasteiger partial charge >= 0.3 is 11.6 Å². The molecule has 0 aliphatic rings. The molecule has 3 rings (SSSR count). The van der Waals surface area contributed by atoms with Crippen LogP contribution in [0, 0.1) is 6.92 Å². The monoisotopic (exact) mass is 436 g/mol. The quantitative estimate of drug-likeness (QED) is 0.434. The first-order valence-electron chi connectivity index (χ1n) is 10.0. The van der Waals surface area contributed by atoms with Gasteiger partial charge in [-0.05, 0) is 24.6 Å². The molecular weight excluding hydrogens is 412 g/mol. The van der Waals surface area contributed by atoms with E-state index in [1.54, 1.807) is 12.1 Å². The maximum atomic E-state index is 12.5. The van der Waals surface area contributed by atoms with Crippen molar-refractivity contribution in [2.24, 2.45) is 0 Å². The van der Waals surface area contributed by atoms with Crippen molar-refractivity contribution in [2.45, 2.75) is 39.8 Å². The van der Waals surface area contributed by atoms with Crippen LogP contribution in [-0.4, -0.2) is 17.8 Å². The van der Waals surface area contributed by atoms with Gasteiger partial charge in [0.2, 0.25) is 11.8 Å². The first-order valence-corrected chi connectivity index (χ1v) is 10.0. The number of carbonyl (C=O) groups is 3. The van der Waals surface area contributed by atoms with E-state index in [9.17, 15) is 19.2 Å². The summed E-state index contributed by atoms with van der Waals surface area (Å²) in [6, 6.07) is 13.1. The number of fused-ring (bicyclic) bond motifs is 1. The Morgan fingerprint density at radius 3 is 2.38 bits per heavy atom. The van der Waals surface area contributed by atoms with E-state index in [2.05, 4.69) is 10.6 Å². The predicted molar refractivity (Wildman–Crippen MR) is 119 cm³/mol. The average molecular weight is 436 g/mol. The van der Waals surface area contributed by atoms with Crippen LogP contribution in [0.15, 0.2) is 57.7 Å². The summed E-state index contributed by atoms with van der Waals surface area (Å²) in [6.45, 7) is 4.57. The number of hydrogen-bond acceptors (Lipinski definition) is 6. The summed E-state index contributed by atoms with van der Waals surface area (Å²) in [5, 5.41) is 5.97. The number of rotatable bonds is 7. The molecule has 2 N–H and O–H groups in total. The molecule has 1 heterocycles. The number of carbonyl (C=O) groups excluding carboxylic acids is 3. The van der Waals surface area contributed by atoms with Crippen molar-refractivity contribution < 1.29 is 23.5 Å². The SMILES string of the molecule is CC(=O)Nc1ccc2c(COC(=O)C[C@H](NC(C)=O)c3ccc(C)cc3)cc(=O)oc2c1. The summed E-state index contributed by atoms with van der Waals surface area (Å²) in [6.07, 6.45) is -0.0608. The van der Waals surface area contributed by atoms with Gasteiger partial charge in [0.1, 0.15) is 12.2 Å². The zero-order chi connectivity index (χ0) is 23.3. The fourth-order valence-electron chi connectivity index (χ4n) is 3.31. The fraction of sp³-hybridized carbons (Fsp3) is 0.250. The molecule has 0 unspecified atom stereocenters. The molecule has 1 atom stereocenters. The van der Waals surface area contributed by atoms with Crippen molar-refractivity contribution in [1.82, 2.24) is 5.32 Å². The molecule has 8 nitrogen and oxygen atoms in total. The molecule has 8 heteroatoms. The second kappa shape index (κ2) is 9.91. The predicted octanol–water partition coefficient (Wildman–Crippen LogP) is 3.37. The molecule has 166 valence electrons. The highest BCUT2D eigenvalue weighted by molar-refractivity contribution is 5.92. The maximum Gasteiger partial charge on any atom is 0.336 e. The number of anilines is 1. The van der Waals surface area contributed by atoms with Crippen molar-refractivity contribution in [2.75, 3.05) is 5.32 Å². The summed E-state index contributed by atoms with van der Waals surface area (Å²) in [7, 11) is 0. The molecule has 0 fully saturated rings. The third kappa shape index (κ3) is 6.04. The highest BCUT2D eigenvalue weighted by atomic mass is 16.5. The van der Waals surface area contributed by atoms with Gasteiger partial charge in [-0.3, -0.25) is 14.4 Å². The Balaban J connectivity index is 1.75. The maximum absolute atomic E-state index is 12.5. The standard InChI is InChI=1S/C24H24N2O6/c1-14-4-6-17(7-5-14)21(26-16(3)28)12-23(29)31-13-18-10-24(30)32-22-11-19(25-15(2)27)8-9-20(18)22/h4-11,21H,12-13H2,1-3H3,(H,25,27)(H,26,28)/t21-/m0/s1. The van der Waals surface area contributed by atoms with Crippen LogP contribution < -0.4 is 16.3 Å². The van der Waals surface area contributed by atoms with Crippen LogP contribution in [0.5, 0.6) is 0 Å². The number of aryl methyl sites for hydroxylation is 1. The van der Waals surface area contributed by atoms with Gasteiger partial charge in [-0.2, -0.15) is 0 Å². The largest absolute Gasteiger partial charge is 0.461 e. The number of benzene rings is 2. The van der Waals surface area contributed by atoms with Gasteiger partial charge in [-0.25, -0.2) is 4.79 Å². The van der Waals surface area contributed by atoms with E-state index in [1.807, 2.05) is 31.2 Å².